The van der Waals surface area contributed by atoms with E-state index < -0.39 is 8.32 Å². The molecule has 1 spiro atoms. The first-order valence-electron chi connectivity index (χ1n) is 14.9. The third-order valence-corrected chi connectivity index (χ3v) is 14.6. The van der Waals surface area contributed by atoms with E-state index in [-0.39, 0.29) is 33.8 Å². The van der Waals surface area contributed by atoms with Crippen molar-refractivity contribution in [2.24, 2.45) is 11.3 Å². The van der Waals surface area contributed by atoms with Gasteiger partial charge in [-0.2, -0.15) is 0 Å². The Morgan fingerprint density at radius 1 is 1.05 bits per heavy atom. The Morgan fingerprint density at radius 3 is 2.40 bits per heavy atom. The summed E-state index contributed by atoms with van der Waals surface area (Å²) in [6.07, 6.45) is 2.68. The summed E-state index contributed by atoms with van der Waals surface area (Å²) in [5.41, 5.74) is 5.41. The molecule has 0 saturated carbocycles. The topological polar surface area (TPSA) is 50.8 Å². The maximum absolute atomic E-state index is 13.3. The van der Waals surface area contributed by atoms with Gasteiger partial charge in [-0.05, 0) is 65.9 Å². The number of carbonyl (C=O) groups excluding carboxylic acids is 1. The van der Waals surface area contributed by atoms with Crippen LogP contribution in [0, 0.1) is 11.3 Å². The number of esters is 1. The average Bonchev–Trinajstić information content (AvgIpc) is 3.45. The van der Waals surface area contributed by atoms with Crippen LogP contribution in [0.1, 0.15) is 65.0 Å². The standard InChI is InChI=1S/C34H48N2O3Si/c1-32(2,3)40(7,8)39-23-33(4,5)21-25-20-26(31(37)38-6)29-34(27-16-12-13-17-28(27)35-29)18-19-36(30(25)34)22-24-14-10-9-11-15-24/h9-17,25,30,35H,18-23H2,1-8H3/t25-,30-,34-/m1/s1. The van der Waals surface area contributed by atoms with Crippen molar-refractivity contribution in [1.82, 2.24) is 4.90 Å². The molecule has 3 aliphatic rings. The maximum atomic E-state index is 13.3. The molecule has 3 atom stereocenters. The van der Waals surface area contributed by atoms with Crippen LogP contribution in [0.4, 0.5) is 5.69 Å². The number of rotatable bonds is 8. The summed E-state index contributed by atoms with van der Waals surface area (Å²) in [7, 11) is -0.370. The zero-order chi connectivity index (χ0) is 28.9. The Morgan fingerprint density at radius 2 is 1.73 bits per heavy atom. The van der Waals surface area contributed by atoms with Crippen LogP contribution in [0.5, 0.6) is 0 Å². The van der Waals surface area contributed by atoms with Gasteiger partial charge in [0, 0.05) is 37.1 Å². The molecule has 216 valence electrons. The number of anilines is 1. The second kappa shape index (κ2) is 10.5. The third kappa shape index (κ3) is 5.08. The van der Waals surface area contributed by atoms with E-state index in [0.29, 0.717) is 6.42 Å². The first kappa shape index (κ1) is 29.1. The fourth-order valence-electron chi connectivity index (χ4n) is 7.22. The van der Waals surface area contributed by atoms with E-state index in [1.54, 1.807) is 0 Å². The van der Waals surface area contributed by atoms with Gasteiger partial charge in [-0.1, -0.05) is 83.1 Å². The van der Waals surface area contributed by atoms with Crippen LogP contribution in [-0.2, 0) is 25.9 Å². The summed E-state index contributed by atoms with van der Waals surface area (Å²) in [6, 6.07) is 19.8. The fourth-order valence-corrected chi connectivity index (χ4v) is 8.40. The van der Waals surface area contributed by atoms with Gasteiger partial charge in [0.05, 0.1) is 18.1 Å². The predicted octanol–water partition coefficient (Wildman–Crippen LogP) is 7.51. The highest BCUT2D eigenvalue weighted by Crippen LogP contribution is 2.60. The molecule has 0 radical (unpaired) electrons. The van der Waals surface area contributed by atoms with Crippen molar-refractivity contribution in [3.8, 4) is 0 Å². The lowest BCUT2D eigenvalue weighted by atomic mass is 9.61. The van der Waals surface area contributed by atoms with Crippen molar-refractivity contribution in [3.63, 3.8) is 0 Å². The van der Waals surface area contributed by atoms with Crippen LogP contribution in [0.2, 0.25) is 18.1 Å². The average molecular weight is 561 g/mol. The minimum absolute atomic E-state index is 0.0351. The summed E-state index contributed by atoms with van der Waals surface area (Å²) in [4.78, 5) is 16.0. The van der Waals surface area contributed by atoms with E-state index >= 15 is 0 Å². The normalized spacial score (nSPS) is 24.8. The van der Waals surface area contributed by atoms with Crippen LogP contribution in [0.3, 0.4) is 0 Å². The smallest absolute Gasteiger partial charge is 0.335 e. The molecule has 1 N–H and O–H groups in total. The number of nitrogens with one attached hydrogen (secondary N) is 1. The fraction of sp³-hybridized carbons (Fsp3) is 0.559. The van der Waals surface area contributed by atoms with Gasteiger partial charge in [0.1, 0.15) is 0 Å². The molecular formula is C34H48N2O3Si. The van der Waals surface area contributed by atoms with Gasteiger partial charge in [0.15, 0.2) is 8.32 Å². The Bertz CT molecular complexity index is 1280. The zero-order valence-corrected chi connectivity index (χ0v) is 26.8. The maximum Gasteiger partial charge on any atom is 0.335 e. The minimum atomic E-state index is -1.88. The Hall–Kier alpha value is -2.41. The summed E-state index contributed by atoms with van der Waals surface area (Å²) in [6.45, 7) is 18.9. The van der Waals surface area contributed by atoms with Crippen LogP contribution in [0.15, 0.2) is 65.9 Å². The lowest BCUT2D eigenvalue weighted by Crippen LogP contribution is -2.52. The highest BCUT2D eigenvalue weighted by molar-refractivity contribution is 6.74. The highest BCUT2D eigenvalue weighted by Gasteiger charge is 2.61. The van der Waals surface area contributed by atoms with Crippen molar-refractivity contribution in [2.45, 2.75) is 90.0 Å². The van der Waals surface area contributed by atoms with Crippen molar-refractivity contribution in [1.29, 1.82) is 0 Å². The molecule has 5 rings (SSSR count). The Balaban J connectivity index is 1.55. The number of methoxy groups -OCH3 is 1. The summed E-state index contributed by atoms with van der Waals surface area (Å²) in [5.74, 6) is 0.0880. The van der Waals surface area contributed by atoms with Gasteiger partial charge < -0.3 is 14.5 Å². The molecule has 5 nitrogen and oxygen atoms in total. The number of hydrogen-bond acceptors (Lipinski definition) is 5. The monoisotopic (exact) mass is 560 g/mol. The highest BCUT2D eigenvalue weighted by atomic mass is 28.4. The van der Waals surface area contributed by atoms with Gasteiger partial charge >= 0.3 is 5.97 Å². The number of fused-ring (bicyclic) bond motifs is 1. The number of hydrogen-bond donors (Lipinski definition) is 1. The largest absolute Gasteiger partial charge is 0.466 e. The SMILES string of the molecule is COC(=O)C1=C2Nc3ccccc3[C@]23CCN(Cc2ccccc2)[C@@H]3[C@@H](CC(C)(C)CO[Si](C)(C)C(C)(C)C)C1. The zero-order valence-electron chi connectivity index (χ0n) is 25.8. The number of carbonyl (C=O) groups is 1. The quantitative estimate of drug-likeness (QED) is 0.267. The summed E-state index contributed by atoms with van der Waals surface area (Å²) < 4.78 is 12.2. The van der Waals surface area contributed by atoms with E-state index in [9.17, 15) is 4.79 Å². The van der Waals surface area contributed by atoms with Crippen LogP contribution in [-0.4, -0.2) is 45.5 Å². The first-order chi connectivity index (χ1) is 18.8. The van der Waals surface area contributed by atoms with Gasteiger partial charge in [0.2, 0.25) is 0 Å². The van der Waals surface area contributed by atoms with Gasteiger partial charge in [-0.15, -0.1) is 0 Å². The van der Waals surface area contributed by atoms with Crippen molar-refractivity contribution in [2.75, 3.05) is 25.6 Å². The van der Waals surface area contributed by atoms with E-state index in [4.69, 9.17) is 9.16 Å². The molecule has 0 amide bonds. The lowest BCUT2D eigenvalue weighted by molar-refractivity contribution is -0.136. The minimum Gasteiger partial charge on any atom is -0.466 e. The Kier molecular flexibility index (Phi) is 7.60. The van der Waals surface area contributed by atoms with Crippen LogP contribution < -0.4 is 5.32 Å². The molecule has 2 aromatic carbocycles. The predicted molar refractivity (Wildman–Crippen MR) is 166 cm³/mol. The van der Waals surface area contributed by atoms with Gasteiger partial charge in [-0.3, -0.25) is 4.90 Å². The molecular weight excluding hydrogens is 512 g/mol. The van der Waals surface area contributed by atoms with E-state index in [0.717, 1.165) is 49.5 Å². The molecule has 0 bridgehead atoms. The number of likely N-dealkylation sites (tertiary alicyclic amines) is 1. The van der Waals surface area contributed by atoms with Crippen molar-refractivity contribution < 1.29 is 14.0 Å². The third-order valence-electron chi connectivity index (χ3n) is 10.1. The van der Waals surface area contributed by atoms with Crippen LogP contribution in [0.25, 0.3) is 0 Å². The van der Waals surface area contributed by atoms with Gasteiger partial charge in [0.25, 0.3) is 0 Å². The summed E-state index contributed by atoms with van der Waals surface area (Å²) in [5, 5.41) is 3.90. The second-order valence-corrected chi connectivity index (χ2v) is 19.3. The van der Waals surface area contributed by atoms with Crippen molar-refractivity contribution >= 4 is 20.0 Å². The second-order valence-electron chi connectivity index (χ2n) is 14.5. The summed E-state index contributed by atoms with van der Waals surface area (Å²) >= 11 is 0. The van der Waals surface area contributed by atoms with Crippen LogP contribution >= 0.6 is 0 Å². The molecule has 1 aliphatic carbocycles. The number of para-hydroxylation sites is 1. The lowest BCUT2D eigenvalue weighted by Gasteiger charge is -2.48. The molecule has 1 fully saturated rings. The molecule has 2 aromatic rings. The van der Waals surface area contributed by atoms with E-state index in [1.807, 2.05) is 0 Å². The van der Waals surface area contributed by atoms with E-state index in [2.05, 4.69) is 113 Å². The van der Waals surface area contributed by atoms with Crippen molar-refractivity contribution in [3.05, 3.63) is 77.0 Å². The molecule has 2 heterocycles. The number of nitrogens with zero attached hydrogens (tertiary/aromatic N) is 1. The molecule has 0 unspecified atom stereocenters. The number of benzene rings is 2. The molecule has 0 aromatic heterocycles. The molecule has 2 aliphatic heterocycles. The molecule has 40 heavy (non-hydrogen) atoms. The first-order valence-corrected chi connectivity index (χ1v) is 17.8. The Labute approximate surface area is 242 Å². The number of ether oxygens (including phenoxy) is 1. The molecule has 1 saturated heterocycles. The van der Waals surface area contributed by atoms with Gasteiger partial charge in [-0.25, -0.2) is 4.79 Å². The van der Waals surface area contributed by atoms with E-state index in [1.165, 1.54) is 18.2 Å². The molecule has 6 heteroatoms.